The van der Waals surface area contributed by atoms with Crippen molar-refractivity contribution in [1.29, 1.82) is 0 Å². The first-order valence-electron chi connectivity index (χ1n) is 4.33. The van der Waals surface area contributed by atoms with Crippen LogP contribution in [0.5, 0.6) is 5.75 Å². The molecule has 1 rings (SSSR count). The molecule has 0 saturated heterocycles. The van der Waals surface area contributed by atoms with Gasteiger partial charge < -0.3 is 4.74 Å². The molecule has 0 heterocycles. The maximum Gasteiger partial charge on any atom is 0.241 e. The molecular weight excluding hydrogens is 180 g/mol. The highest BCUT2D eigenvalue weighted by Gasteiger charge is 2.13. The lowest BCUT2D eigenvalue weighted by atomic mass is 10.0. The maximum atomic E-state index is 11.2. The topological polar surface area (TPSA) is 64.3 Å². The predicted molar refractivity (Wildman–Crippen MR) is 53.7 cm³/mol. The van der Waals surface area contributed by atoms with Gasteiger partial charge in [-0.2, -0.15) is 0 Å². The summed E-state index contributed by atoms with van der Waals surface area (Å²) in [6.07, 6.45) is 0. The van der Waals surface area contributed by atoms with Gasteiger partial charge in [0.05, 0.1) is 13.0 Å². The van der Waals surface area contributed by atoms with Crippen molar-refractivity contribution in [3.8, 4) is 5.75 Å². The molecule has 0 unspecified atom stereocenters. The van der Waals surface area contributed by atoms with Crippen LogP contribution in [-0.4, -0.2) is 13.0 Å². The minimum Gasteiger partial charge on any atom is -0.497 e. The lowest BCUT2D eigenvalue weighted by molar-refractivity contribution is -0.122. The Hall–Kier alpha value is -1.55. The summed E-state index contributed by atoms with van der Waals surface area (Å²) in [5, 5.41) is 0. The van der Waals surface area contributed by atoms with E-state index in [4.69, 9.17) is 10.6 Å². The second-order valence-corrected chi connectivity index (χ2v) is 3.01. The van der Waals surface area contributed by atoms with Gasteiger partial charge in [0.2, 0.25) is 5.91 Å². The second-order valence-electron chi connectivity index (χ2n) is 3.01. The van der Waals surface area contributed by atoms with Crippen molar-refractivity contribution in [2.75, 3.05) is 7.11 Å². The fourth-order valence-corrected chi connectivity index (χ4v) is 1.19. The standard InChI is InChI=1S/C10H14N2O2/c1-7(10(13)12-11)8-4-3-5-9(6-8)14-2/h3-7H,11H2,1-2H3,(H,12,13)/t7-/m0/s1. The fraction of sp³-hybridized carbons (Fsp3) is 0.300. The fourth-order valence-electron chi connectivity index (χ4n) is 1.19. The number of carbonyl (C=O) groups is 1. The molecule has 1 atom stereocenters. The van der Waals surface area contributed by atoms with Crippen LogP contribution in [0.25, 0.3) is 0 Å². The van der Waals surface area contributed by atoms with Gasteiger partial charge in [-0.1, -0.05) is 12.1 Å². The molecule has 1 amide bonds. The van der Waals surface area contributed by atoms with Crippen molar-refractivity contribution in [3.05, 3.63) is 29.8 Å². The third kappa shape index (κ3) is 2.23. The van der Waals surface area contributed by atoms with Crippen LogP contribution in [-0.2, 0) is 4.79 Å². The number of rotatable bonds is 3. The molecule has 0 spiro atoms. The number of carbonyl (C=O) groups excluding carboxylic acids is 1. The molecule has 4 heteroatoms. The van der Waals surface area contributed by atoms with Gasteiger partial charge in [0.15, 0.2) is 0 Å². The zero-order valence-corrected chi connectivity index (χ0v) is 8.28. The Morgan fingerprint density at radius 2 is 2.29 bits per heavy atom. The van der Waals surface area contributed by atoms with E-state index in [1.807, 2.05) is 24.3 Å². The first kappa shape index (κ1) is 10.5. The Kier molecular flexibility index (Phi) is 3.48. The van der Waals surface area contributed by atoms with Crippen LogP contribution in [0.1, 0.15) is 18.4 Å². The Labute approximate surface area is 83.0 Å². The first-order chi connectivity index (χ1) is 6.69. The van der Waals surface area contributed by atoms with Crippen molar-refractivity contribution < 1.29 is 9.53 Å². The largest absolute Gasteiger partial charge is 0.497 e. The van der Waals surface area contributed by atoms with Gasteiger partial charge in [-0.3, -0.25) is 10.2 Å². The van der Waals surface area contributed by atoms with Gasteiger partial charge in [0.1, 0.15) is 5.75 Å². The average Bonchev–Trinajstić information content (AvgIpc) is 2.27. The molecule has 4 nitrogen and oxygen atoms in total. The van der Waals surface area contributed by atoms with Gasteiger partial charge in [0, 0.05) is 0 Å². The third-order valence-electron chi connectivity index (χ3n) is 2.13. The monoisotopic (exact) mass is 194 g/mol. The molecular formula is C10H14N2O2. The number of hydrogen-bond acceptors (Lipinski definition) is 3. The van der Waals surface area contributed by atoms with Crippen LogP contribution < -0.4 is 16.0 Å². The molecule has 76 valence electrons. The molecule has 0 radical (unpaired) electrons. The summed E-state index contributed by atoms with van der Waals surface area (Å²) in [4.78, 5) is 11.2. The van der Waals surface area contributed by atoms with Gasteiger partial charge in [-0.15, -0.1) is 0 Å². The smallest absolute Gasteiger partial charge is 0.241 e. The number of hydrazine groups is 1. The van der Waals surface area contributed by atoms with Crippen molar-refractivity contribution in [2.45, 2.75) is 12.8 Å². The number of methoxy groups -OCH3 is 1. The van der Waals surface area contributed by atoms with E-state index < -0.39 is 0 Å². The second kappa shape index (κ2) is 4.62. The molecule has 0 aliphatic heterocycles. The minimum atomic E-state index is -0.268. The van der Waals surface area contributed by atoms with E-state index in [2.05, 4.69) is 5.43 Å². The van der Waals surface area contributed by atoms with E-state index in [9.17, 15) is 4.79 Å². The maximum absolute atomic E-state index is 11.2. The summed E-state index contributed by atoms with van der Waals surface area (Å²) in [7, 11) is 1.59. The Bertz CT molecular complexity index is 326. The number of nitrogens with one attached hydrogen (secondary N) is 1. The lowest BCUT2D eigenvalue weighted by Gasteiger charge is -2.10. The van der Waals surface area contributed by atoms with Gasteiger partial charge in [-0.25, -0.2) is 5.84 Å². The summed E-state index contributed by atoms with van der Waals surface area (Å²) in [6, 6.07) is 7.35. The molecule has 0 fully saturated rings. The molecule has 0 aromatic heterocycles. The first-order valence-corrected chi connectivity index (χ1v) is 4.33. The zero-order chi connectivity index (χ0) is 10.6. The number of benzene rings is 1. The normalized spacial score (nSPS) is 11.9. The zero-order valence-electron chi connectivity index (χ0n) is 8.28. The Balaban J connectivity index is 2.89. The van der Waals surface area contributed by atoms with Crippen LogP contribution in [0, 0.1) is 0 Å². The number of hydrogen-bond donors (Lipinski definition) is 2. The van der Waals surface area contributed by atoms with Crippen molar-refractivity contribution >= 4 is 5.91 Å². The quantitative estimate of drug-likeness (QED) is 0.425. The van der Waals surface area contributed by atoms with Crippen LogP contribution in [0.3, 0.4) is 0 Å². The van der Waals surface area contributed by atoms with E-state index in [0.717, 1.165) is 11.3 Å². The Morgan fingerprint density at radius 1 is 1.57 bits per heavy atom. The molecule has 1 aromatic carbocycles. The molecule has 1 aromatic rings. The van der Waals surface area contributed by atoms with Crippen molar-refractivity contribution in [3.63, 3.8) is 0 Å². The van der Waals surface area contributed by atoms with Gasteiger partial charge in [0.25, 0.3) is 0 Å². The van der Waals surface area contributed by atoms with Crippen molar-refractivity contribution in [2.24, 2.45) is 5.84 Å². The van der Waals surface area contributed by atoms with Crippen LogP contribution in [0.15, 0.2) is 24.3 Å². The molecule has 0 saturated carbocycles. The SMILES string of the molecule is COc1cccc([C@H](C)C(=O)NN)c1. The summed E-state index contributed by atoms with van der Waals surface area (Å²) in [5.74, 6) is 5.31. The number of ether oxygens (including phenoxy) is 1. The van der Waals surface area contributed by atoms with Crippen LogP contribution in [0.2, 0.25) is 0 Å². The van der Waals surface area contributed by atoms with E-state index >= 15 is 0 Å². The van der Waals surface area contributed by atoms with Crippen molar-refractivity contribution in [1.82, 2.24) is 5.43 Å². The molecule has 0 aliphatic carbocycles. The van der Waals surface area contributed by atoms with Crippen LogP contribution in [0.4, 0.5) is 0 Å². The molecule has 14 heavy (non-hydrogen) atoms. The van der Waals surface area contributed by atoms with Gasteiger partial charge >= 0.3 is 0 Å². The highest BCUT2D eigenvalue weighted by atomic mass is 16.5. The molecule has 0 bridgehead atoms. The summed E-state index contributed by atoms with van der Waals surface area (Å²) in [6.45, 7) is 1.79. The molecule has 0 aliphatic rings. The summed E-state index contributed by atoms with van der Waals surface area (Å²) < 4.78 is 5.06. The highest BCUT2D eigenvalue weighted by molar-refractivity contribution is 5.82. The van der Waals surface area contributed by atoms with Gasteiger partial charge in [-0.05, 0) is 24.6 Å². The summed E-state index contributed by atoms with van der Waals surface area (Å²) >= 11 is 0. The van der Waals surface area contributed by atoms with E-state index in [0.29, 0.717) is 0 Å². The van der Waals surface area contributed by atoms with E-state index in [1.165, 1.54) is 0 Å². The number of amides is 1. The minimum absolute atomic E-state index is 0.210. The summed E-state index contributed by atoms with van der Waals surface area (Å²) in [5.41, 5.74) is 3.00. The van der Waals surface area contributed by atoms with E-state index in [1.54, 1.807) is 14.0 Å². The highest BCUT2D eigenvalue weighted by Crippen LogP contribution is 2.20. The van der Waals surface area contributed by atoms with E-state index in [-0.39, 0.29) is 11.8 Å². The Morgan fingerprint density at radius 3 is 2.86 bits per heavy atom. The predicted octanol–water partition coefficient (Wildman–Crippen LogP) is 0.789. The average molecular weight is 194 g/mol. The number of nitrogens with two attached hydrogens (primary N) is 1. The molecule has 3 N–H and O–H groups in total. The van der Waals surface area contributed by atoms with Crippen LogP contribution >= 0.6 is 0 Å². The lowest BCUT2D eigenvalue weighted by Crippen LogP contribution is -2.33. The third-order valence-corrected chi connectivity index (χ3v) is 2.13.